The van der Waals surface area contributed by atoms with Crippen molar-refractivity contribution in [2.24, 2.45) is 0 Å². The zero-order valence-electron chi connectivity index (χ0n) is 21.0. The van der Waals surface area contributed by atoms with Crippen LogP contribution in [0.2, 0.25) is 0 Å². The summed E-state index contributed by atoms with van der Waals surface area (Å²) < 4.78 is 17.8. The summed E-state index contributed by atoms with van der Waals surface area (Å²) in [7, 11) is 0. The van der Waals surface area contributed by atoms with E-state index in [9.17, 15) is 24.8 Å². The topological polar surface area (TPSA) is 135 Å². The summed E-state index contributed by atoms with van der Waals surface area (Å²) in [4.78, 5) is 39.2. The number of fused-ring (bicyclic) bond motifs is 1. The first-order chi connectivity index (χ1) is 19.3. The molecule has 206 valence electrons. The van der Waals surface area contributed by atoms with E-state index in [2.05, 4.69) is 15.1 Å². The van der Waals surface area contributed by atoms with Crippen molar-refractivity contribution in [1.82, 2.24) is 14.8 Å². The molecular weight excluding hydrogens is 559 g/mol. The molecule has 1 aliphatic heterocycles. The Kier molecular flexibility index (Phi) is 6.88. The van der Waals surface area contributed by atoms with E-state index in [1.165, 1.54) is 35.4 Å². The van der Waals surface area contributed by atoms with Crippen LogP contribution in [0.15, 0.2) is 51.7 Å². The standard InChI is InChI=1S/C26H23FN6O5S2/c27-19-11-17-21(32(16-5-6-16)13-18(23(17)34)24(35)36)12-22(19)30-7-9-31(10-8-30)25-28-29-26(40-25)39-14-15-3-1-2-4-20(15)33(37)38/h1-4,11-13,16H,5-10,14H2,(H,35,36). The molecule has 11 nitrogen and oxygen atoms in total. The number of nitrogens with zero attached hydrogens (tertiary/aromatic N) is 6. The number of aromatic nitrogens is 3. The maximum Gasteiger partial charge on any atom is 0.341 e. The molecule has 4 aromatic rings. The van der Waals surface area contributed by atoms with Crippen LogP contribution in [0.25, 0.3) is 10.9 Å². The average molecular weight is 583 g/mol. The third-order valence-corrected chi connectivity index (χ3v) is 9.26. The number of benzene rings is 2. The van der Waals surface area contributed by atoms with Gasteiger partial charge < -0.3 is 19.5 Å². The molecule has 6 rings (SSSR count). The summed E-state index contributed by atoms with van der Waals surface area (Å²) in [6.45, 7) is 2.19. The van der Waals surface area contributed by atoms with E-state index in [4.69, 9.17) is 0 Å². The molecule has 1 N–H and O–H groups in total. The Balaban J connectivity index is 1.16. The third kappa shape index (κ3) is 4.99. The van der Waals surface area contributed by atoms with Crippen molar-refractivity contribution in [3.8, 4) is 0 Å². The summed E-state index contributed by atoms with van der Waals surface area (Å²) in [5.74, 6) is -1.48. The fraction of sp³-hybridized carbons (Fsp3) is 0.308. The molecule has 0 amide bonds. The fourth-order valence-electron chi connectivity index (χ4n) is 4.89. The molecule has 2 aromatic heterocycles. The number of hydrogen-bond acceptors (Lipinski definition) is 10. The molecule has 1 saturated heterocycles. The van der Waals surface area contributed by atoms with Gasteiger partial charge in [0.2, 0.25) is 10.6 Å². The number of thioether (sulfide) groups is 1. The van der Waals surface area contributed by atoms with Gasteiger partial charge in [0.15, 0.2) is 4.34 Å². The zero-order valence-corrected chi connectivity index (χ0v) is 22.7. The second-order valence-electron chi connectivity index (χ2n) is 9.64. The van der Waals surface area contributed by atoms with Gasteiger partial charge >= 0.3 is 5.97 Å². The third-order valence-electron chi connectivity index (χ3n) is 7.10. The molecule has 1 aliphatic carbocycles. The van der Waals surface area contributed by atoms with E-state index in [1.54, 1.807) is 28.8 Å². The van der Waals surface area contributed by atoms with Gasteiger partial charge in [-0.3, -0.25) is 14.9 Å². The summed E-state index contributed by atoms with van der Waals surface area (Å²) >= 11 is 2.80. The number of halogens is 1. The smallest absolute Gasteiger partial charge is 0.341 e. The lowest BCUT2D eigenvalue weighted by atomic mass is 10.1. The average Bonchev–Trinajstić information content (AvgIpc) is 3.68. The Bertz CT molecular complexity index is 1700. The van der Waals surface area contributed by atoms with Gasteiger partial charge in [-0.25, -0.2) is 9.18 Å². The Morgan fingerprint density at radius 1 is 1.15 bits per heavy atom. The fourth-order valence-corrected chi connectivity index (χ4v) is 6.77. The van der Waals surface area contributed by atoms with Gasteiger partial charge in [0.25, 0.3) is 5.69 Å². The number of pyridine rings is 1. The monoisotopic (exact) mass is 582 g/mol. The molecule has 0 atom stereocenters. The first-order valence-corrected chi connectivity index (χ1v) is 14.4. The highest BCUT2D eigenvalue weighted by molar-refractivity contribution is 8.00. The van der Waals surface area contributed by atoms with E-state index < -0.39 is 22.1 Å². The van der Waals surface area contributed by atoms with Crippen molar-refractivity contribution in [3.63, 3.8) is 0 Å². The number of anilines is 2. The second kappa shape index (κ2) is 10.5. The van der Waals surface area contributed by atoms with Gasteiger partial charge in [-0.2, -0.15) is 0 Å². The minimum Gasteiger partial charge on any atom is -0.477 e. The Labute approximate surface area is 235 Å². The minimum atomic E-state index is -1.32. The van der Waals surface area contributed by atoms with Crippen molar-refractivity contribution in [1.29, 1.82) is 0 Å². The van der Waals surface area contributed by atoms with Crippen LogP contribution in [0.3, 0.4) is 0 Å². The Hall–Kier alpha value is -4.04. The van der Waals surface area contributed by atoms with E-state index in [1.807, 2.05) is 4.90 Å². The van der Waals surface area contributed by atoms with E-state index in [0.717, 1.165) is 24.0 Å². The van der Waals surface area contributed by atoms with E-state index >= 15 is 4.39 Å². The minimum absolute atomic E-state index is 0.0754. The molecule has 0 radical (unpaired) electrons. The maximum absolute atomic E-state index is 15.3. The predicted octanol–water partition coefficient (Wildman–Crippen LogP) is 4.55. The largest absolute Gasteiger partial charge is 0.477 e. The zero-order chi connectivity index (χ0) is 28.0. The van der Waals surface area contributed by atoms with Gasteiger partial charge in [0, 0.05) is 61.2 Å². The van der Waals surface area contributed by atoms with Crippen molar-refractivity contribution in [2.75, 3.05) is 36.0 Å². The van der Waals surface area contributed by atoms with Crippen LogP contribution in [0.5, 0.6) is 0 Å². The molecule has 14 heteroatoms. The number of carbonyl (C=O) groups is 1. The first-order valence-electron chi connectivity index (χ1n) is 12.6. The van der Waals surface area contributed by atoms with Crippen LogP contribution >= 0.6 is 23.1 Å². The van der Waals surface area contributed by atoms with Crippen molar-refractivity contribution < 1.29 is 19.2 Å². The van der Waals surface area contributed by atoms with Crippen molar-refractivity contribution in [3.05, 3.63) is 79.9 Å². The normalized spacial score (nSPS) is 15.5. The molecule has 2 aliphatic rings. The maximum atomic E-state index is 15.3. The van der Waals surface area contributed by atoms with Crippen LogP contribution in [0.4, 0.5) is 20.9 Å². The van der Waals surface area contributed by atoms with Crippen LogP contribution in [-0.4, -0.2) is 56.9 Å². The number of rotatable bonds is 8. The first kappa shape index (κ1) is 26.2. The van der Waals surface area contributed by atoms with E-state index in [-0.39, 0.29) is 22.7 Å². The quantitative estimate of drug-likeness (QED) is 0.179. The lowest BCUT2D eigenvalue weighted by molar-refractivity contribution is -0.385. The molecule has 0 bridgehead atoms. The number of nitro benzene ring substituents is 1. The highest BCUT2D eigenvalue weighted by Crippen LogP contribution is 2.38. The molecule has 2 fully saturated rings. The molecule has 3 heterocycles. The Morgan fingerprint density at radius 3 is 2.58 bits per heavy atom. The lowest BCUT2D eigenvalue weighted by Gasteiger charge is -2.36. The number of carboxylic acid groups (broad SMARTS) is 1. The number of para-hydroxylation sites is 1. The number of carboxylic acids is 1. The van der Waals surface area contributed by atoms with Crippen molar-refractivity contribution >= 4 is 56.5 Å². The van der Waals surface area contributed by atoms with Crippen LogP contribution in [-0.2, 0) is 5.75 Å². The molecule has 0 unspecified atom stereocenters. The summed E-state index contributed by atoms with van der Waals surface area (Å²) in [6, 6.07) is 9.55. The van der Waals surface area contributed by atoms with Gasteiger partial charge in [0.1, 0.15) is 11.4 Å². The molecule has 1 saturated carbocycles. The summed E-state index contributed by atoms with van der Waals surface area (Å²) in [5.41, 5.74) is 0.584. The summed E-state index contributed by atoms with van der Waals surface area (Å²) in [6.07, 6.45) is 3.14. The van der Waals surface area contributed by atoms with Crippen molar-refractivity contribution in [2.45, 2.75) is 29.0 Å². The van der Waals surface area contributed by atoms with E-state index in [0.29, 0.717) is 53.0 Å². The SMILES string of the molecule is O=C(O)c1cn(C2CC2)c2cc(N3CCN(c4nnc(SCc5ccccc5[N+](=O)[O-])s4)CC3)c(F)cc2c1=O. The van der Waals surface area contributed by atoms with Gasteiger partial charge in [0.05, 0.1) is 16.1 Å². The van der Waals surface area contributed by atoms with Crippen LogP contribution in [0.1, 0.15) is 34.8 Å². The van der Waals surface area contributed by atoms with Gasteiger partial charge in [-0.05, 0) is 25.0 Å². The molecule has 0 spiro atoms. The number of piperazine rings is 1. The predicted molar refractivity (Wildman–Crippen MR) is 150 cm³/mol. The highest BCUT2D eigenvalue weighted by Gasteiger charge is 2.29. The second-order valence-corrected chi connectivity index (χ2v) is 11.8. The van der Waals surface area contributed by atoms with Crippen LogP contribution in [0, 0.1) is 15.9 Å². The van der Waals surface area contributed by atoms with Gasteiger partial charge in [-0.15, -0.1) is 10.2 Å². The number of hydrogen-bond donors (Lipinski definition) is 1. The number of nitro groups is 1. The molecule has 2 aromatic carbocycles. The molecule has 40 heavy (non-hydrogen) atoms. The molecular formula is C26H23FN6O5S2. The van der Waals surface area contributed by atoms with Crippen LogP contribution < -0.4 is 15.2 Å². The van der Waals surface area contributed by atoms with Gasteiger partial charge in [-0.1, -0.05) is 41.3 Å². The highest BCUT2D eigenvalue weighted by atomic mass is 32.2. The summed E-state index contributed by atoms with van der Waals surface area (Å²) in [5, 5.41) is 30.1. The Morgan fingerprint density at radius 2 is 1.88 bits per heavy atom. The number of aromatic carboxylic acids is 1. The lowest BCUT2D eigenvalue weighted by Crippen LogP contribution is -2.46.